The van der Waals surface area contributed by atoms with Crippen LogP contribution in [0.5, 0.6) is 5.75 Å². The molecule has 1 rings (SSSR count). The fourth-order valence-corrected chi connectivity index (χ4v) is 2.36. The summed E-state index contributed by atoms with van der Waals surface area (Å²) in [5.74, 6) is -0.460. The van der Waals surface area contributed by atoms with E-state index in [0.29, 0.717) is 0 Å². The van der Waals surface area contributed by atoms with Gasteiger partial charge in [0, 0.05) is 0 Å². The van der Waals surface area contributed by atoms with Crippen LogP contribution >= 0.6 is 23.2 Å². The quantitative estimate of drug-likeness (QED) is 0.739. The summed E-state index contributed by atoms with van der Waals surface area (Å²) in [6.07, 6.45) is 0. The molecule has 1 aromatic carbocycles. The summed E-state index contributed by atoms with van der Waals surface area (Å²) in [5, 5.41) is 8.29. The zero-order valence-electron chi connectivity index (χ0n) is 6.03. The Balaban J connectivity index is 3.62. The van der Waals surface area contributed by atoms with Gasteiger partial charge in [-0.2, -0.15) is 8.42 Å². The van der Waals surface area contributed by atoms with Crippen LogP contribution in [0, 0.1) is 0 Å². The molecule has 0 radical (unpaired) electrons. The van der Waals surface area contributed by atoms with E-state index < -0.39 is 25.8 Å². The number of rotatable bonds is 1. The lowest BCUT2D eigenvalue weighted by Gasteiger charge is -2.04. The van der Waals surface area contributed by atoms with Gasteiger partial charge < -0.3 is 5.11 Å². The maximum atomic E-state index is 10.7. The summed E-state index contributed by atoms with van der Waals surface area (Å²) in [5.41, 5.74) is 0. The first-order valence-corrected chi connectivity index (χ1v) is 5.18. The molecule has 0 heterocycles. The number of phenols is 1. The average Bonchev–Trinajstić information content (AvgIpc) is 1.95. The summed E-state index contributed by atoms with van der Waals surface area (Å²) < 4.78 is 30.1. The standard InChI is InChI=1S/C6H4Cl2O4S/c7-3-1-2-4(9)5(8)6(3)13(10,11)12/h1-2,9H,(H,10,11,12). The summed E-state index contributed by atoms with van der Waals surface area (Å²) in [6.45, 7) is 0. The van der Waals surface area contributed by atoms with Crippen LogP contribution in [0.1, 0.15) is 0 Å². The van der Waals surface area contributed by atoms with Gasteiger partial charge in [-0.3, -0.25) is 4.55 Å². The molecule has 0 unspecified atom stereocenters. The van der Waals surface area contributed by atoms with Gasteiger partial charge in [0.1, 0.15) is 15.7 Å². The van der Waals surface area contributed by atoms with Crippen molar-refractivity contribution >= 4 is 33.3 Å². The highest BCUT2D eigenvalue weighted by atomic mass is 35.5. The topological polar surface area (TPSA) is 74.6 Å². The summed E-state index contributed by atoms with van der Waals surface area (Å²) >= 11 is 10.9. The number of aromatic hydroxyl groups is 1. The molecule has 1 aromatic rings. The largest absolute Gasteiger partial charge is 0.506 e. The van der Waals surface area contributed by atoms with Gasteiger partial charge in [0.2, 0.25) is 0 Å². The molecular weight excluding hydrogens is 239 g/mol. The molecule has 0 spiro atoms. The predicted octanol–water partition coefficient (Wildman–Crippen LogP) is 1.95. The van der Waals surface area contributed by atoms with E-state index in [1.165, 1.54) is 0 Å². The van der Waals surface area contributed by atoms with Gasteiger partial charge >= 0.3 is 0 Å². The molecule has 13 heavy (non-hydrogen) atoms. The Hall–Kier alpha value is -0.490. The Morgan fingerprint density at radius 3 is 2.15 bits per heavy atom. The second-order valence-corrected chi connectivity index (χ2v) is 4.33. The predicted molar refractivity (Wildman–Crippen MR) is 47.9 cm³/mol. The van der Waals surface area contributed by atoms with Crippen molar-refractivity contribution in [3.05, 3.63) is 22.2 Å². The minimum Gasteiger partial charge on any atom is -0.506 e. The van der Waals surface area contributed by atoms with Crippen LogP contribution in [0.2, 0.25) is 10.0 Å². The number of benzene rings is 1. The first kappa shape index (κ1) is 10.6. The molecule has 0 saturated carbocycles. The SMILES string of the molecule is O=S(=O)(O)c1c(Cl)ccc(O)c1Cl. The van der Waals surface area contributed by atoms with Crippen LogP contribution in [0.15, 0.2) is 17.0 Å². The normalized spacial score (nSPS) is 11.6. The maximum Gasteiger partial charge on any atom is 0.297 e. The molecule has 0 aliphatic carbocycles. The highest BCUT2D eigenvalue weighted by Gasteiger charge is 2.21. The third-order valence-corrected chi connectivity index (χ3v) is 3.15. The molecule has 7 heteroatoms. The molecule has 0 atom stereocenters. The summed E-state index contributed by atoms with van der Waals surface area (Å²) in [4.78, 5) is -0.684. The van der Waals surface area contributed by atoms with Crippen molar-refractivity contribution in [3.63, 3.8) is 0 Å². The maximum absolute atomic E-state index is 10.7. The molecule has 0 amide bonds. The minimum atomic E-state index is -4.51. The first-order chi connectivity index (χ1) is 5.84. The van der Waals surface area contributed by atoms with Crippen molar-refractivity contribution < 1.29 is 18.1 Å². The van der Waals surface area contributed by atoms with Gasteiger partial charge in [0.05, 0.1) is 5.02 Å². The smallest absolute Gasteiger partial charge is 0.297 e. The Labute approximate surface area is 84.5 Å². The number of halogens is 2. The van der Waals surface area contributed by atoms with Crippen LogP contribution in [-0.4, -0.2) is 18.1 Å². The van der Waals surface area contributed by atoms with E-state index in [2.05, 4.69) is 0 Å². The van der Waals surface area contributed by atoms with Gasteiger partial charge in [-0.15, -0.1) is 0 Å². The number of hydrogen-bond donors (Lipinski definition) is 2. The van der Waals surface area contributed by atoms with E-state index in [4.69, 9.17) is 32.9 Å². The van der Waals surface area contributed by atoms with E-state index in [1.807, 2.05) is 0 Å². The molecule has 0 aliphatic heterocycles. The Bertz CT molecular complexity index is 440. The van der Waals surface area contributed by atoms with Crippen molar-refractivity contribution in [2.75, 3.05) is 0 Å². The Morgan fingerprint density at radius 2 is 1.77 bits per heavy atom. The molecule has 0 aromatic heterocycles. The van der Waals surface area contributed by atoms with E-state index in [1.54, 1.807) is 0 Å². The van der Waals surface area contributed by atoms with Gasteiger partial charge in [0.25, 0.3) is 10.1 Å². The lowest BCUT2D eigenvalue weighted by Crippen LogP contribution is -2.00. The van der Waals surface area contributed by atoms with Crippen LogP contribution in [0.3, 0.4) is 0 Å². The number of phenolic OH excluding ortho intramolecular Hbond substituents is 1. The molecule has 0 saturated heterocycles. The van der Waals surface area contributed by atoms with Gasteiger partial charge in [-0.1, -0.05) is 23.2 Å². The fraction of sp³-hybridized carbons (Fsp3) is 0. The zero-order chi connectivity index (χ0) is 10.2. The lowest BCUT2D eigenvalue weighted by atomic mass is 10.3. The second kappa shape index (κ2) is 3.34. The lowest BCUT2D eigenvalue weighted by molar-refractivity contribution is 0.466. The Kier molecular flexibility index (Phi) is 2.72. The molecule has 72 valence electrons. The van der Waals surface area contributed by atoms with E-state index in [0.717, 1.165) is 12.1 Å². The van der Waals surface area contributed by atoms with Crippen molar-refractivity contribution in [2.45, 2.75) is 4.90 Å². The van der Waals surface area contributed by atoms with Crippen molar-refractivity contribution in [2.24, 2.45) is 0 Å². The van der Waals surface area contributed by atoms with E-state index >= 15 is 0 Å². The van der Waals surface area contributed by atoms with E-state index in [-0.39, 0.29) is 5.02 Å². The molecule has 0 bridgehead atoms. The van der Waals surface area contributed by atoms with Gasteiger partial charge in [-0.25, -0.2) is 0 Å². The van der Waals surface area contributed by atoms with Crippen molar-refractivity contribution in [1.82, 2.24) is 0 Å². The minimum absolute atomic E-state index is 0.245. The summed E-state index contributed by atoms with van der Waals surface area (Å²) in [6, 6.07) is 2.24. The monoisotopic (exact) mass is 242 g/mol. The second-order valence-electron chi connectivity index (χ2n) is 2.18. The molecule has 0 aliphatic rings. The average molecular weight is 243 g/mol. The van der Waals surface area contributed by atoms with Crippen LogP contribution in [0.25, 0.3) is 0 Å². The zero-order valence-corrected chi connectivity index (χ0v) is 8.36. The van der Waals surface area contributed by atoms with Crippen molar-refractivity contribution in [3.8, 4) is 5.75 Å². The highest BCUT2D eigenvalue weighted by molar-refractivity contribution is 7.86. The van der Waals surface area contributed by atoms with Gasteiger partial charge in [-0.05, 0) is 12.1 Å². The van der Waals surface area contributed by atoms with Crippen LogP contribution < -0.4 is 0 Å². The highest BCUT2D eigenvalue weighted by Crippen LogP contribution is 2.35. The van der Waals surface area contributed by atoms with Gasteiger partial charge in [0.15, 0.2) is 0 Å². The molecule has 2 N–H and O–H groups in total. The molecular formula is C6H4Cl2O4S. The van der Waals surface area contributed by atoms with Crippen molar-refractivity contribution in [1.29, 1.82) is 0 Å². The summed E-state index contributed by atoms with van der Waals surface area (Å²) in [7, 11) is -4.51. The third-order valence-electron chi connectivity index (χ3n) is 1.29. The fourth-order valence-electron chi connectivity index (χ4n) is 0.759. The first-order valence-electron chi connectivity index (χ1n) is 2.98. The van der Waals surface area contributed by atoms with E-state index in [9.17, 15) is 8.42 Å². The Morgan fingerprint density at radius 1 is 1.23 bits per heavy atom. The third kappa shape index (κ3) is 2.05. The molecule has 4 nitrogen and oxygen atoms in total. The van der Waals surface area contributed by atoms with Crippen LogP contribution in [-0.2, 0) is 10.1 Å². The number of hydrogen-bond acceptors (Lipinski definition) is 3. The molecule has 0 fully saturated rings. The van der Waals surface area contributed by atoms with Crippen LogP contribution in [0.4, 0.5) is 0 Å².